The molecule has 1 aliphatic rings. The molecular formula is C14H15ClN4O2S. The Morgan fingerprint density at radius 1 is 1.55 bits per heavy atom. The van der Waals surface area contributed by atoms with Gasteiger partial charge in [-0.1, -0.05) is 22.9 Å². The largest absolute Gasteiger partial charge is 0.492 e. The minimum Gasteiger partial charge on any atom is -0.492 e. The van der Waals surface area contributed by atoms with Crippen LogP contribution in [0.2, 0.25) is 5.02 Å². The van der Waals surface area contributed by atoms with Crippen molar-refractivity contribution in [2.75, 3.05) is 18.5 Å². The molecule has 116 valence electrons. The number of carbonyl (C=O) groups excluding carboxylic acids is 1. The second kappa shape index (κ2) is 6.60. The first kappa shape index (κ1) is 15.2. The van der Waals surface area contributed by atoms with Crippen molar-refractivity contribution in [3.05, 3.63) is 34.3 Å². The van der Waals surface area contributed by atoms with Crippen molar-refractivity contribution in [1.82, 2.24) is 15.1 Å². The van der Waals surface area contributed by atoms with Crippen LogP contribution >= 0.6 is 22.9 Å². The molecule has 1 aliphatic heterocycles. The van der Waals surface area contributed by atoms with Crippen molar-refractivity contribution >= 4 is 34.0 Å². The summed E-state index contributed by atoms with van der Waals surface area (Å²) < 4.78 is 5.72. The van der Waals surface area contributed by atoms with E-state index in [0.717, 1.165) is 11.3 Å². The van der Waals surface area contributed by atoms with Crippen molar-refractivity contribution in [2.24, 2.45) is 0 Å². The third kappa shape index (κ3) is 3.37. The lowest BCUT2D eigenvalue weighted by molar-refractivity contribution is -0.121. The number of nitrogens with zero attached hydrogens (tertiary/aromatic N) is 3. The molecule has 0 aliphatic carbocycles. The lowest BCUT2D eigenvalue weighted by Crippen LogP contribution is -2.42. The van der Waals surface area contributed by atoms with E-state index in [1.165, 1.54) is 11.3 Å². The Balaban J connectivity index is 1.72. The van der Waals surface area contributed by atoms with Crippen LogP contribution in [0.15, 0.2) is 23.7 Å². The summed E-state index contributed by atoms with van der Waals surface area (Å²) in [5.74, 6) is 0.714. The highest BCUT2D eigenvalue weighted by atomic mass is 35.5. The lowest BCUT2D eigenvalue weighted by atomic mass is 10.1. The van der Waals surface area contributed by atoms with E-state index in [2.05, 4.69) is 20.4 Å². The SMILES string of the molecule is C[C@H](C(=O)Nc1nncs1)N1CCOc2ccc(Cl)cc2C1. The maximum absolute atomic E-state index is 12.3. The van der Waals surface area contributed by atoms with Crippen LogP contribution in [0.25, 0.3) is 0 Å². The monoisotopic (exact) mass is 338 g/mol. The minimum atomic E-state index is -0.308. The van der Waals surface area contributed by atoms with E-state index >= 15 is 0 Å². The van der Waals surface area contributed by atoms with E-state index in [1.54, 1.807) is 5.51 Å². The smallest absolute Gasteiger partial charge is 0.243 e. The molecule has 0 bridgehead atoms. The molecule has 1 N–H and O–H groups in total. The highest BCUT2D eigenvalue weighted by Crippen LogP contribution is 2.27. The molecule has 0 saturated carbocycles. The molecule has 6 nitrogen and oxygen atoms in total. The van der Waals surface area contributed by atoms with Gasteiger partial charge in [-0.15, -0.1) is 10.2 Å². The summed E-state index contributed by atoms with van der Waals surface area (Å²) >= 11 is 7.34. The summed E-state index contributed by atoms with van der Waals surface area (Å²) in [6.45, 7) is 3.68. The molecular weight excluding hydrogens is 324 g/mol. The first-order valence-corrected chi connectivity index (χ1v) is 8.11. The van der Waals surface area contributed by atoms with Gasteiger partial charge in [-0.2, -0.15) is 0 Å². The van der Waals surface area contributed by atoms with E-state index in [1.807, 2.05) is 25.1 Å². The van der Waals surface area contributed by atoms with Gasteiger partial charge in [0.05, 0.1) is 6.04 Å². The molecule has 1 aromatic heterocycles. The second-order valence-electron chi connectivity index (χ2n) is 4.98. The van der Waals surface area contributed by atoms with Crippen molar-refractivity contribution in [1.29, 1.82) is 0 Å². The molecule has 0 saturated heterocycles. The van der Waals surface area contributed by atoms with Gasteiger partial charge >= 0.3 is 0 Å². The number of halogens is 1. The van der Waals surface area contributed by atoms with Crippen LogP contribution in [0.5, 0.6) is 5.75 Å². The number of rotatable bonds is 3. The van der Waals surface area contributed by atoms with Gasteiger partial charge in [0.15, 0.2) is 0 Å². The Labute approximate surface area is 137 Å². The fraction of sp³-hybridized carbons (Fsp3) is 0.357. The molecule has 2 heterocycles. The summed E-state index contributed by atoms with van der Waals surface area (Å²) in [4.78, 5) is 14.4. The van der Waals surface area contributed by atoms with Crippen molar-refractivity contribution in [3.63, 3.8) is 0 Å². The van der Waals surface area contributed by atoms with Crippen LogP contribution in [-0.2, 0) is 11.3 Å². The van der Waals surface area contributed by atoms with E-state index in [-0.39, 0.29) is 11.9 Å². The zero-order chi connectivity index (χ0) is 15.5. The van der Waals surface area contributed by atoms with Gasteiger partial charge in [-0.3, -0.25) is 15.0 Å². The Bertz CT molecular complexity index is 665. The van der Waals surface area contributed by atoms with E-state index in [9.17, 15) is 4.79 Å². The first-order valence-electron chi connectivity index (χ1n) is 6.86. The van der Waals surface area contributed by atoms with Gasteiger partial charge in [0.2, 0.25) is 11.0 Å². The number of benzene rings is 1. The van der Waals surface area contributed by atoms with Crippen molar-refractivity contribution in [3.8, 4) is 5.75 Å². The summed E-state index contributed by atoms with van der Waals surface area (Å²) in [5, 5.41) is 11.5. The highest BCUT2D eigenvalue weighted by molar-refractivity contribution is 7.13. The quantitative estimate of drug-likeness (QED) is 0.930. The molecule has 1 atom stereocenters. The van der Waals surface area contributed by atoms with E-state index < -0.39 is 0 Å². The van der Waals surface area contributed by atoms with Gasteiger partial charge in [-0.25, -0.2) is 0 Å². The first-order chi connectivity index (χ1) is 10.6. The number of hydrogen-bond donors (Lipinski definition) is 1. The third-order valence-corrected chi connectivity index (χ3v) is 4.39. The van der Waals surface area contributed by atoms with Crippen LogP contribution in [0, 0.1) is 0 Å². The van der Waals surface area contributed by atoms with Crippen LogP contribution in [0.1, 0.15) is 12.5 Å². The number of hydrogen-bond acceptors (Lipinski definition) is 6. The Hall–Kier alpha value is -1.70. The minimum absolute atomic E-state index is 0.109. The summed E-state index contributed by atoms with van der Waals surface area (Å²) in [6, 6.07) is 5.25. The summed E-state index contributed by atoms with van der Waals surface area (Å²) in [6.07, 6.45) is 0. The van der Waals surface area contributed by atoms with Crippen LogP contribution in [-0.4, -0.2) is 40.2 Å². The number of nitrogens with one attached hydrogen (secondary N) is 1. The molecule has 22 heavy (non-hydrogen) atoms. The molecule has 0 radical (unpaired) electrons. The molecule has 0 spiro atoms. The molecule has 1 aromatic carbocycles. The Morgan fingerprint density at radius 2 is 2.41 bits per heavy atom. The maximum Gasteiger partial charge on any atom is 0.243 e. The average Bonchev–Trinajstić information content (AvgIpc) is 2.91. The molecule has 8 heteroatoms. The molecule has 0 unspecified atom stereocenters. The zero-order valence-electron chi connectivity index (χ0n) is 12.0. The summed E-state index contributed by atoms with van der Waals surface area (Å²) in [5.41, 5.74) is 2.57. The zero-order valence-corrected chi connectivity index (χ0v) is 13.5. The Kier molecular flexibility index (Phi) is 4.56. The second-order valence-corrected chi connectivity index (χ2v) is 6.25. The fourth-order valence-electron chi connectivity index (χ4n) is 2.32. The fourth-order valence-corrected chi connectivity index (χ4v) is 2.96. The standard InChI is InChI=1S/C14H15ClN4O2S/c1-9(13(20)17-14-18-16-8-22-14)19-4-5-21-12-3-2-11(15)6-10(12)7-19/h2-3,6,8-9H,4-5,7H2,1H3,(H,17,18,20)/t9-/m1/s1. The van der Waals surface area contributed by atoms with Gasteiger partial charge in [0.1, 0.15) is 17.9 Å². The van der Waals surface area contributed by atoms with E-state index in [0.29, 0.717) is 29.9 Å². The summed E-state index contributed by atoms with van der Waals surface area (Å²) in [7, 11) is 0. The van der Waals surface area contributed by atoms with E-state index in [4.69, 9.17) is 16.3 Å². The third-order valence-electron chi connectivity index (χ3n) is 3.55. The van der Waals surface area contributed by atoms with Crippen LogP contribution in [0.3, 0.4) is 0 Å². The molecule has 2 aromatic rings. The number of carbonyl (C=O) groups is 1. The molecule has 1 amide bonds. The van der Waals surface area contributed by atoms with Crippen molar-refractivity contribution in [2.45, 2.75) is 19.5 Å². The number of amides is 1. The van der Waals surface area contributed by atoms with Crippen LogP contribution in [0.4, 0.5) is 5.13 Å². The van der Waals surface area contributed by atoms with Gasteiger partial charge < -0.3 is 4.74 Å². The average molecular weight is 339 g/mol. The predicted octanol–water partition coefficient (Wildman–Crippen LogP) is 2.41. The van der Waals surface area contributed by atoms with Gasteiger partial charge in [-0.05, 0) is 25.1 Å². The predicted molar refractivity (Wildman–Crippen MR) is 85.4 cm³/mol. The van der Waals surface area contributed by atoms with Gasteiger partial charge in [0.25, 0.3) is 0 Å². The lowest BCUT2D eigenvalue weighted by Gasteiger charge is -2.25. The normalized spacial score (nSPS) is 16.3. The number of anilines is 1. The van der Waals surface area contributed by atoms with Crippen LogP contribution < -0.4 is 10.1 Å². The Morgan fingerprint density at radius 3 is 3.18 bits per heavy atom. The highest BCUT2D eigenvalue weighted by Gasteiger charge is 2.25. The molecule has 0 fully saturated rings. The van der Waals surface area contributed by atoms with Crippen molar-refractivity contribution < 1.29 is 9.53 Å². The van der Waals surface area contributed by atoms with Gasteiger partial charge in [0, 0.05) is 23.7 Å². The number of aromatic nitrogens is 2. The number of ether oxygens (including phenoxy) is 1. The number of fused-ring (bicyclic) bond motifs is 1. The molecule has 3 rings (SSSR count). The maximum atomic E-state index is 12.3. The topological polar surface area (TPSA) is 67.4 Å².